The minimum Gasteiger partial charge on any atom is -0.453 e. The van der Waals surface area contributed by atoms with Gasteiger partial charge in [0.15, 0.2) is 5.78 Å². The molecule has 7 nitrogen and oxygen atoms in total. The van der Waals surface area contributed by atoms with Crippen molar-refractivity contribution in [3.63, 3.8) is 0 Å². The molecule has 0 spiro atoms. The molecule has 1 N–H and O–H groups in total. The Balaban J connectivity index is 2.08. The summed E-state index contributed by atoms with van der Waals surface area (Å²) in [6, 6.07) is -0.877. The molecule has 1 amide bonds. The highest BCUT2D eigenvalue weighted by molar-refractivity contribution is 6.00. The van der Waals surface area contributed by atoms with Crippen molar-refractivity contribution in [3.8, 4) is 0 Å². The number of aromatic amines is 1. The van der Waals surface area contributed by atoms with Crippen molar-refractivity contribution in [1.82, 2.24) is 20.3 Å². The number of hydrogen-bond acceptors (Lipinski definition) is 5. The summed E-state index contributed by atoms with van der Waals surface area (Å²) < 4.78 is 4.62. The average Bonchev–Trinajstić information content (AvgIpc) is 2.80. The summed E-state index contributed by atoms with van der Waals surface area (Å²) in [4.78, 5) is 24.4. The third-order valence-corrected chi connectivity index (χ3v) is 2.76. The Kier molecular flexibility index (Phi) is 2.59. The quantitative estimate of drug-likeness (QED) is 0.748. The predicted molar refractivity (Wildman–Crippen MR) is 52.6 cm³/mol. The van der Waals surface area contributed by atoms with Gasteiger partial charge in [0, 0.05) is 6.42 Å². The molecule has 86 valence electrons. The lowest BCUT2D eigenvalue weighted by Crippen LogP contribution is -2.66. The molecule has 1 aliphatic rings. The largest absolute Gasteiger partial charge is 0.453 e. The summed E-state index contributed by atoms with van der Waals surface area (Å²) in [5.74, 6) is 0.0278. The maximum Gasteiger partial charge on any atom is 0.410 e. The van der Waals surface area contributed by atoms with Crippen molar-refractivity contribution in [1.29, 1.82) is 0 Å². The number of hydrogen-bond donors (Lipinski definition) is 1. The number of rotatable bonds is 2. The number of H-pyrrole nitrogens is 1. The molecule has 1 fully saturated rings. The van der Waals surface area contributed by atoms with Gasteiger partial charge in [-0.2, -0.15) is 0 Å². The summed E-state index contributed by atoms with van der Waals surface area (Å²) in [6.07, 6.45) is 1.45. The van der Waals surface area contributed by atoms with E-state index in [-0.39, 0.29) is 5.78 Å². The van der Waals surface area contributed by atoms with Crippen molar-refractivity contribution in [2.45, 2.75) is 25.4 Å². The van der Waals surface area contributed by atoms with E-state index in [1.54, 1.807) is 6.92 Å². The Morgan fingerprint density at radius 1 is 1.69 bits per heavy atom. The third kappa shape index (κ3) is 1.54. The molecule has 2 rings (SSSR count). The first-order chi connectivity index (χ1) is 7.65. The molecule has 2 unspecified atom stereocenters. The zero-order valence-electron chi connectivity index (χ0n) is 9.01. The number of methoxy groups -OCH3 is 1. The first kappa shape index (κ1) is 10.6. The minimum absolute atomic E-state index is 0.0278. The monoisotopic (exact) mass is 224 g/mol. The molecular weight excluding hydrogens is 212 g/mol. The summed E-state index contributed by atoms with van der Waals surface area (Å²) in [7, 11) is 1.30. The Morgan fingerprint density at radius 3 is 3.00 bits per heavy atom. The van der Waals surface area contributed by atoms with Crippen molar-refractivity contribution in [2.75, 3.05) is 7.11 Å². The number of nitrogens with one attached hydrogen (secondary N) is 1. The van der Waals surface area contributed by atoms with Crippen LogP contribution in [0.2, 0.25) is 0 Å². The van der Waals surface area contributed by atoms with Gasteiger partial charge in [0.1, 0.15) is 6.04 Å². The van der Waals surface area contributed by atoms with E-state index in [1.807, 2.05) is 0 Å². The number of carbonyl (C=O) groups is 2. The van der Waals surface area contributed by atoms with Crippen LogP contribution in [0.4, 0.5) is 4.79 Å². The van der Waals surface area contributed by atoms with Crippen LogP contribution in [0, 0.1) is 0 Å². The Hall–Kier alpha value is -1.92. The number of ether oxygens (including phenoxy) is 1. The summed E-state index contributed by atoms with van der Waals surface area (Å²) in [5.41, 5.74) is 0.721. The van der Waals surface area contributed by atoms with Gasteiger partial charge < -0.3 is 4.74 Å². The second-order valence-corrected chi connectivity index (χ2v) is 3.66. The molecule has 0 bridgehead atoms. The fraction of sp³-hybridized carbons (Fsp3) is 0.556. The van der Waals surface area contributed by atoms with E-state index in [0.29, 0.717) is 6.42 Å². The smallest absolute Gasteiger partial charge is 0.410 e. The molecule has 0 saturated carbocycles. The van der Waals surface area contributed by atoms with Gasteiger partial charge in [0.25, 0.3) is 0 Å². The molecule has 2 atom stereocenters. The van der Waals surface area contributed by atoms with Crippen LogP contribution < -0.4 is 0 Å². The van der Waals surface area contributed by atoms with Gasteiger partial charge in [0.05, 0.1) is 25.0 Å². The van der Waals surface area contributed by atoms with Crippen LogP contribution in [0.15, 0.2) is 6.20 Å². The molecule has 1 aliphatic heterocycles. The molecule has 2 heterocycles. The third-order valence-electron chi connectivity index (χ3n) is 2.76. The number of Topliss-reactive ketones (excluding diaryl/α,β-unsaturated/α-hetero) is 1. The van der Waals surface area contributed by atoms with E-state index in [9.17, 15) is 9.59 Å². The van der Waals surface area contributed by atoms with Crippen LogP contribution in [0.25, 0.3) is 0 Å². The summed E-state index contributed by atoms with van der Waals surface area (Å²) in [5, 5.41) is 9.82. The second-order valence-electron chi connectivity index (χ2n) is 3.66. The van der Waals surface area contributed by atoms with Gasteiger partial charge in [-0.3, -0.25) is 14.8 Å². The summed E-state index contributed by atoms with van der Waals surface area (Å²) in [6.45, 7) is 1.68. The fourth-order valence-corrected chi connectivity index (χ4v) is 1.86. The standard InChI is InChI=1S/C9H12N4O3/c1-5-8(14)7(13(5)9(15)16-2)3-6-4-10-12-11-6/h4-5,7H,3H2,1-2H3,(H,10,11,12). The maximum atomic E-state index is 11.6. The van der Waals surface area contributed by atoms with E-state index in [4.69, 9.17) is 0 Å². The zero-order chi connectivity index (χ0) is 11.7. The lowest BCUT2D eigenvalue weighted by Gasteiger charge is -2.43. The van der Waals surface area contributed by atoms with Gasteiger partial charge in [-0.15, -0.1) is 5.10 Å². The van der Waals surface area contributed by atoms with Crippen molar-refractivity contribution in [2.24, 2.45) is 0 Å². The lowest BCUT2D eigenvalue weighted by atomic mass is 9.89. The van der Waals surface area contributed by atoms with Crippen LogP contribution in [0.1, 0.15) is 12.6 Å². The highest BCUT2D eigenvalue weighted by atomic mass is 16.5. The predicted octanol–water partition coefficient (Wildman–Crippen LogP) is -0.245. The number of amides is 1. The Morgan fingerprint density at radius 2 is 2.44 bits per heavy atom. The molecule has 0 radical (unpaired) electrons. The average molecular weight is 224 g/mol. The van der Waals surface area contributed by atoms with E-state index >= 15 is 0 Å². The van der Waals surface area contributed by atoms with Gasteiger partial charge in [-0.05, 0) is 6.92 Å². The number of likely N-dealkylation sites (tertiary alicyclic amines) is 1. The van der Waals surface area contributed by atoms with E-state index in [0.717, 1.165) is 5.69 Å². The van der Waals surface area contributed by atoms with E-state index in [1.165, 1.54) is 18.2 Å². The number of nitrogens with zero attached hydrogens (tertiary/aromatic N) is 3. The lowest BCUT2D eigenvalue weighted by molar-refractivity contribution is -0.141. The molecule has 1 aromatic rings. The highest BCUT2D eigenvalue weighted by Gasteiger charge is 2.48. The van der Waals surface area contributed by atoms with Crippen molar-refractivity contribution < 1.29 is 14.3 Å². The first-order valence-corrected chi connectivity index (χ1v) is 4.90. The van der Waals surface area contributed by atoms with E-state index in [2.05, 4.69) is 20.1 Å². The molecular formula is C9H12N4O3. The highest BCUT2D eigenvalue weighted by Crippen LogP contribution is 2.24. The van der Waals surface area contributed by atoms with Crippen LogP contribution in [0.3, 0.4) is 0 Å². The molecule has 0 aromatic carbocycles. The molecule has 16 heavy (non-hydrogen) atoms. The van der Waals surface area contributed by atoms with Crippen LogP contribution >= 0.6 is 0 Å². The van der Waals surface area contributed by atoms with Gasteiger partial charge >= 0.3 is 6.09 Å². The molecule has 1 saturated heterocycles. The number of ketones is 1. The molecule has 0 aliphatic carbocycles. The Labute approximate surface area is 91.8 Å². The minimum atomic E-state index is -0.482. The van der Waals surface area contributed by atoms with Crippen LogP contribution in [0.5, 0.6) is 0 Å². The molecule has 7 heteroatoms. The topological polar surface area (TPSA) is 88.2 Å². The first-order valence-electron chi connectivity index (χ1n) is 4.90. The van der Waals surface area contributed by atoms with Gasteiger partial charge in [-0.1, -0.05) is 5.21 Å². The van der Waals surface area contributed by atoms with Crippen molar-refractivity contribution >= 4 is 11.9 Å². The SMILES string of the molecule is COC(=O)N1C(C)C(=O)C1Cc1cnn[nH]1. The van der Waals surface area contributed by atoms with E-state index < -0.39 is 18.2 Å². The number of aromatic nitrogens is 3. The zero-order valence-corrected chi connectivity index (χ0v) is 9.01. The normalized spacial score (nSPS) is 24.1. The second kappa shape index (κ2) is 3.92. The molecule has 1 aromatic heterocycles. The van der Waals surface area contributed by atoms with Crippen molar-refractivity contribution in [3.05, 3.63) is 11.9 Å². The van der Waals surface area contributed by atoms with Gasteiger partial charge in [0.2, 0.25) is 0 Å². The maximum absolute atomic E-state index is 11.6. The van der Waals surface area contributed by atoms with Crippen LogP contribution in [-0.2, 0) is 16.0 Å². The number of carbonyl (C=O) groups excluding carboxylic acids is 2. The Bertz CT molecular complexity index is 403. The van der Waals surface area contributed by atoms with Gasteiger partial charge in [-0.25, -0.2) is 4.79 Å². The van der Waals surface area contributed by atoms with Crippen LogP contribution in [-0.4, -0.2) is 51.4 Å². The summed E-state index contributed by atoms with van der Waals surface area (Å²) >= 11 is 0. The fourth-order valence-electron chi connectivity index (χ4n) is 1.86.